The molecule has 0 radical (unpaired) electrons. The molecule has 0 fully saturated rings. The SMILES string of the molecule is COc1cccc([C@@H](C)N(c2cccc(C)c2)S(=O)(=O)c2ccccc2)c1. The van der Waals surface area contributed by atoms with Crippen molar-refractivity contribution in [1.82, 2.24) is 0 Å². The molecular formula is C22H23NO3S. The van der Waals surface area contributed by atoms with Gasteiger partial charge >= 0.3 is 0 Å². The van der Waals surface area contributed by atoms with Crippen molar-refractivity contribution in [3.05, 3.63) is 90.0 Å². The summed E-state index contributed by atoms with van der Waals surface area (Å²) >= 11 is 0. The lowest BCUT2D eigenvalue weighted by molar-refractivity contribution is 0.414. The number of hydrogen-bond donors (Lipinski definition) is 0. The minimum atomic E-state index is -3.75. The zero-order valence-corrected chi connectivity index (χ0v) is 16.5. The van der Waals surface area contributed by atoms with Gasteiger partial charge in [0.25, 0.3) is 10.0 Å². The lowest BCUT2D eigenvalue weighted by Gasteiger charge is -2.31. The molecule has 0 aromatic heterocycles. The lowest BCUT2D eigenvalue weighted by atomic mass is 10.1. The quantitative estimate of drug-likeness (QED) is 0.606. The van der Waals surface area contributed by atoms with Gasteiger partial charge in [-0.3, -0.25) is 4.31 Å². The van der Waals surface area contributed by atoms with Gasteiger partial charge in [-0.05, 0) is 61.4 Å². The summed E-state index contributed by atoms with van der Waals surface area (Å²) in [7, 11) is -2.15. The molecule has 140 valence electrons. The molecule has 0 aliphatic rings. The van der Waals surface area contributed by atoms with E-state index in [0.29, 0.717) is 11.4 Å². The van der Waals surface area contributed by atoms with Crippen LogP contribution in [0.25, 0.3) is 0 Å². The van der Waals surface area contributed by atoms with Crippen molar-refractivity contribution in [1.29, 1.82) is 0 Å². The molecule has 0 aliphatic carbocycles. The van der Waals surface area contributed by atoms with Crippen molar-refractivity contribution in [2.24, 2.45) is 0 Å². The molecule has 0 spiro atoms. The first-order chi connectivity index (χ1) is 12.9. The summed E-state index contributed by atoms with van der Waals surface area (Å²) in [5.74, 6) is 0.695. The molecular weight excluding hydrogens is 358 g/mol. The van der Waals surface area contributed by atoms with Crippen LogP contribution in [0.5, 0.6) is 5.75 Å². The largest absolute Gasteiger partial charge is 0.497 e. The number of benzene rings is 3. The molecule has 3 rings (SSSR count). The summed E-state index contributed by atoms with van der Waals surface area (Å²) in [6, 6.07) is 23.1. The van der Waals surface area contributed by atoms with Crippen LogP contribution in [0.15, 0.2) is 83.8 Å². The molecule has 0 unspecified atom stereocenters. The molecule has 1 atom stereocenters. The highest BCUT2D eigenvalue weighted by Gasteiger charge is 2.30. The van der Waals surface area contributed by atoms with Crippen molar-refractivity contribution >= 4 is 15.7 Å². The van der Waals surface area contributed by atoms with E-state index in [0.717, 1.165) is 11.1 Å². The van der Waals surface area contributed by atoms with Gasteiger partial charge in [-0.15, -0.1) is 0 Å². The molecule has 5 heteroatoms. The Kier molecular flexibility index (Phi) is 5.51. The predicted octanol–water partition coefficient (Wildman–Crippen LogP) is 4.96. The lowest BCUT2D eigenvalue weighted by Crippen LogP contribution is -2.33. The van der Waals surface area contributed by atoms with E-state index in [1.807, 2.05) is 68.4 Å². The molecule has 3 aromatic carbocycles. The number of methoxy groups -OCH3 is 1. The number of ether oxygens (including phenoxy) is 1. The first-order valence-corrected chi connectivity index (χ1v) is 10.2. The van der Waals surface area contributed by atoms with E-state index in [-0.39, 0.29) is 4.90 Å². The third-order valence-electron chi connectivity index (χ3n) is 4.48. The summed E-state index contributed by atoms with van der Waals surface area (Å²) in [6.45, 7) is 3.84. The zero-order valence-electron chi connectivity index (χ0n) is 15.7. The smallest absolute Gasteiger partial charge is 0.264 e. The first-order valence-electron chi connectivity index (χ1n) is 8.73. The van der Waals surface area contributed by atoms with Crippen LogP contribution in [0.3, 0.4) is 0 Å². The monoisotopic (exact) mass is 381 g/mol. The molecule has 0 aliphatic heterocycles. The van der Waals surface area contributed by atoms with Gasteiger partial charge in [0.2, 0.25) is 0 Å². The molecule has 0 heterocycles. The molecule has 0 amide bonds. The fraction of sp³-hybridized carbons (Fsp3) is 0.182. The van der Waals surface area contributed by atoms with Gasteiger partial charge in [0, 0.05) is 0 Å². The minimum absolute atomic E-state index is 0.265. The van der Waals surface area contributed by atoms with Crippen molar-refractivity contribution in [2.45, 2.75) is 24.8 Å². The minimum Gasteiger partial charge on any atom is -0.497 e. The number of rotatable bonds is 6. The number of nitrogens with zero attached hydrogens (tertiary/aromatic N) is 1. The Balaban J connectivity index is 2.16. The van der Waals surface area contributed by atoms with Crippen LogP contribution in [0.4, 0.5) is 5.69 Å². The number of hydrogen-bond acceptors (Lipinski definition) is 3. The maximum absolute atomic E-state index is 13.5. The van der Waals surface area contributed by atoms with Gasteiger partial charge in [-0.2, -0.15) is 0 Å². The van der Waals surface area contributed by atoms with Crippen LogP contribution in [-0.2, 0) is 10.0 Å². The second-order valence-corrected chi connectivity index (χ2v) is 8.22. The summed E-state index contributed by atoms with van der Waals surface area (Å²) in [4.78, 5) is 0.265. The van der Waals surface area contributed by atoms with Crippen LogP contribution in [0, 0.1) is 6.92 Å². The topological polar surface area (TPSA) is 46.6 Å². The Morgan fingerprint density at radius 1 is 0.889 bits per heavy atom. The summed E-state index contributed by atoms with van der Waals surface area (Å²) in [5.41, 5.74) is 2.49. The second-order valence-electron chi connectivity index (χ2n) is 6.41. The third-order valence-corrected chi connectivity index (χ3v) is 6.40. The van der Waals surface area contributed by atoms with Crippen LogP contribution < -0.4 is 9.04 Å². The van der Waals surface area contributed by atoms with E-state index in [1.54, 1.807) is 31.4 Å². The number of aryl methyl sites for hydroxylation is 1. The van der Waals surface area contributed by atoms with Gasteiger partial charge in [0.05, 0.1) is 23.7 Å². The van der Waals surface area contributed by atoms with Gasteiger partial charge in [-0.25, -0.2) is 8.42 Å². The molecule has 0 N–H and O–H groups in total. The Labute approximate surface area is 161 Å². The van der Waals surface area contributed by atoms with Crippen molar-refractivity contribution < 1.29 is 13.2 Å². The van der Waals surface area contributed by atoms with E-state index in [2.05, 4.69) is 0 Å². The van der Waals surface area contributed by atoms with E-state index in [9.17, 15) is 8.42 Å². The molecule has 0 bridgehead atoms. The average Bonchev–Trinajstić information content (AvgIpc) is 2.68. The molecule has 27 heavy (non-hydrogen) atoms. The van der Waals surface area contributed by atoms with Gasteiger partial charge in [-0.1, -0.05) is 42.5 Å². The van der Waals surface area contributed by atoms with E-state index >= 15 is 0 Å². The fourth-order valence-corrected chi connectivity index (χ4v) is 4.74. The summed E-state index contributed by atoms with van der Waals surface area (Å²) in [5, 5.41) is 0. The molecule has 4 nitrogen and oxygen atoms in total. The normalized spacial score (nSPS) is 12.4. The van der Waals surface area contributed by atoms with Crippen molar-refractivity contribution in [3.63, 3.8) is 0 Å². The maximum atomic E-state index is 13.5. The molecule has 3 aromatic rings. The van der Waals surface area contributed by atoms with E-state index in [4.69, 9.17) is 4.74 Å². The fourth-order valence-electron chi connectivity index (χ4n) is 3.08. The van der Waals surface area contributed by atoms with Crippen molar-refractivity contribution in [3.8, 4) is 5.75 Å². The first kappa shape index (κ1) is 19.0. The highest BCUT2D eigenvalue weighted by Crippen LogP contribution is 2.34. The molecule has 0 saturated carbocycles. The average molecular weight is 381 g/mol. The standard InChI is InChI=1S/C22H23NO3S/c1-17-9-7-11-20(15-17)23(27(24,25)22-13-5-4-6-14-22)18(2)19-10-8-12-21(16-19)26-3/h4-16,18H,1-3H3/t18-/m1/s1. The van der Waals surface area contributed by atoms with Crippen LogP contribution in [0.2, 0.25) is 0 Å². The van der Waals surface area contributed by atoms with E-state index < -0.39 is 16.1 Å². The third kappa shape index (κ3) is 3.98. The van der Waals surface area contributed by atoms with Gasteiger partial charge in [0.1, 0.15) is 5.75 Å². The van der Waals surface area contributed by atoms with Crippen molar-refractivity contribution in [2.75, 3.05) is 11.4 Å². The Morgan fingerprint density at radius 2 is 1.59 bits per heavy atom. The highest BCUT2D eigenvalue weighted by molar-refractivity contribution is 7.92. The van der Waals surface area contributed by atoms with E-state index in [1.165, 1.54) is 4.31 Å². The van der Waals surface area contributed by atoms with Crippen LogP contribution in [-0.4, -0.2) is 15.5 Å². The number of anilines is 1. The second kappa shape index (κ2) is 7.84. The zero-order chi connectivity index (χ0) is 19.4. The Bertz CT molecular complexity index is 1020. The molecule has 0 saturated heterocycles. The predicted molar refractivity (Wildman–Crippen MR) is 109 cm³/mol. The van der Waals surface area contributed by atoms with Crippen LogP contribution in [0.1, 0.15) is 24.1 Å². The maximum Gasteiger partial charge on any atom is 0.264 e. The number of sulfonamides is 1. The highest BCUT2D eigenvalue weighted by atomic mass is 32.2. The summed E-state index contributed by atoms with van der Waals surface area (Å²) < 4.78 is 33.8. The van der Waals surface area contributed by atoms with Crippen LogP contribution >= 0.6 is 0 Å². The van der Waals surface area contributed by atoms with Gasteiger partial charge in [0.15, 0.2) is 0 Å². The summed E-state index contributed by atoms with van der Waals surface area (Å²) in [6.07, 6.45) is 0. The van der Waals surface area contributed by atoms with Gasteiger partial charge < -0.3 is 4.74 Å². The Morgan fingerprint density at radius 3 is 2.26 bits per heavy atom. The Hall–Kier alpha value is -2.79.